The van der Waals surface area contributed by atoms with Crippen LogP contribution in [0.4, 0.5) is 19.3 Å². The maximum atomic E-state index is 14.4. The summed E-state index contributed by atoms with van der Waals surface area (Å²) in [6.45, 7) is 3.83. The normalized spacial score (nSPS) is 28.0. The van der Waals surface area contributed by atoms with Crippen LogP contribution in [-0.4, -0.2) is 64.9 Å². The Bertz CT molecular complexity index is 1610. The highest BCUT2D eigenvalue weighted by Crippen LogP contribution is 2.57. The van der Waals surface area contributed by atoms with Crippen LogP contribution in [0.5, 0.6) is 0 Å². The molecular weight excluding hydrogens is 620 g/mol. The summed E-state index contributed by atoms with van der Waals surface area (Å²) in [5.74, 6) is -1.89. The third-order valence-electron chi connectivity index (χ3n) is 10.2. The number of anilines is 1. The number of esters is 1. The number of ether oxygens (including phenoxy) is 2. The van der Waals surface area contributed by atoms with Crippen LogP contribution in [0, 0.1) is 29.9 Å². The molecule has 1 N–H and O–H groups in total. The van der Waals surface area contributed by atoms with Gasteiger partial charge in [-0.15, -0.1) is 0 Å². The minimum atomic E-state index is -0.984. The fourth-order valence-corrected chi connectivity index (χ4v) is 7.40. The monoisotopic (exact) mass is 663 g/mol. The van der Waals surface area contributed by atoms with Crippen molar-refractivity contribution in [2.24, 2.45) is 11.3 Å². The van der Waals surface area contributed by atoms with Crippen molar-refractivity contribution < 1.29 is 37.4 Å². The van der Waals surface area contributed by atoms with Gasteiger partial charge in [-0.25, -0.2) is 13.6 Å². The minimum Gasteiger partial charge on any atom is -0.466 e. The Morgan fingerprint density at radius 2 is 1.90 bits per heavy atom. The molecule has 0 aromatic heterocycles. The van der Waals surface area contributed by atoms with Crippen LogP contribution in [0.1, 0.15) is 75.0 Å². The Labute approximate surface area is 279 Å². The summed E-state index contributed by atoms with van der Waals surface area (Å²) in [6, 6.07) is 7.66. The number of hydrogen-bond acceptors (Lipinski definition) is 7. The molecule has 9 nitrogen and oxygen atoms in total. The highest BCUT2D eigenvalue weighted by Gasteiger charge is 2.61. The van der Waals surface area contributed by atoms with Gasteiger partial charge in [0.15, 0.2) is 5.78 Å². The summed E-state index contributed by atoms with van der Waals surface area (Å²) >= 11 is 0. The highest BCUT2D eigenvalue weighted by atomic mass is 19.1. The Hall–Kier alpha value is -4.28. The Kier molecular flexibility index (Phi) is 9.85. The number of rotatable bonds is 5. The lowest BCUT2D eigenvalue weighted by atomic mass is 9.91. The van der Waals surface area contributed by atoms with Crippen molar-refractivity contribution in [2.45, 2.75) is 96.5 Å². The number of halogens is 2. The van der Waals surface area contributed by atoms with Gasteiger partial charge in [0, 0.05) is 30.6 Å². The summed E-state index contributed by atoms with van der Waals surface area (Å²) in [5.41, 5.74) is 1.19. The molecule has 2 aromatic rings. The quantitative estimate of drug-likeness (QED) is 0.299. The number of nitrogens with one attached hydrogen (secondary N) is 1. The number of fused-ring (bicyclic) bond motifs is 3. The predicted molar refractivity (Wildman–Crippen MR) is 174 cm³/mol. The van der Waals surface area contributed by atoms with Crippen LogP contribution in [0.25, 0.3) is 0 Å². The third kappa shape index (κ3) is 6.96. The van der Waals surface area contributed by atoms with Crippen LogP contribution < -0.4 is 5.32 Å². The maximum Gasteiger partial charge on any atom is 0.410 e. The topological polar surface area (TPSA) is 105 Å². The van der Waals surface area contributed by atoms with Crippen molar-refractivity contribution in [2.75, 3.05) is 18.5 Å². The van der Waals surface area contributed by atoms with E-state index in [9.17, 15) is 28.0 Å². The third-order valence-corrected chi connectivity index (χ3v) is 10.2. The number of nitrogens with zero attached hydrogens (tertiary/aromatic N) is 2. The molecular formula is C37H43F2N3O6. The number of allylic oxidation sites excluding steroid dienone is 2. The summed E-state index contributed by atoms with van der Waals surface area (Å²) in [4.78, 5) is 58.0. The van der Waals surface area contributed by atoms with E-state index in [1.165, 1.54) is 21.9 Å². The van der Waals surface area contributed by atoms with Gasteiger partial charge < -0.3 is 19.7 Å². The van der Waals surface area contributed by atoms with E-state index in [0.29, 0.717) is 35.2 Å². The molecule has 0 radical (unpaired) electrons. The molecule has 3 aliphatic heterocycles. The maximum absolute atomic E-state index is 14.4. The first-order valence-corrected chi connectivity index (χ1v) is 17.0. The number of carbonyl (C=O) groups is 4. The van der Waals surface area contributed by atoms with Crippen LogP contribution in [-0.2, 0) is 36.9 Å². The average Bonchev–Trinajstić information content (AvgIpc) is 3.36. The Balaban J connectivity index is 1.26. The van der Waals surface area contributed by atoms with Crippen molar-refractivity contribution in [3.8, 4) is 0 Å². The predicted octanol–water partition coefficient (Wildman–Crippen LogP) is 6.22. The molecule has 1 saturated carbocycles. The molecule has 11 heteroatoms. The zero-order chi connectivity index (χ0) is 34.0. The van der Waals surface area contributed by atoms with Crippen LogP contribution in [0.15, 0.2) is 48.6 Å². The van der Waals surface area contributed by atoms with Gasteiger partial charge in [0.2, 0.25) is 5.91 Å². The number of Topliss-reactive ketones (excluding diaryl/α,β-unsaturated/α-hetero) is 1. The zero-order valence-corrected chi connectivity index (χ0v) is 27.5. The molecule has 1 saturated heterocycles. The average molecular weight is 664 g/mol. The van der Waals surface area contributed by atoms with Gasteiger partial charge >= 0.3 is 12.1 Å². The SMILES string of the molecule is CCOC(=O)[C@]12CC(=O)[C@@H]3C[C@@H](OC(=O)N4Cc5cccc(F)c5C4)CN3C(=O)[C@@H](Nc3ccc(F)c(C)c3)CCCCC/C=C\[C@@H]1C2. The van der Waals surface area contributed by atoms with Gasteiger partial charge in [0.05, 0.1) is 31.2 Å². The Morgan fingerprint density at radius 1 is 1.06 bits per heavy atom. The van der Waals surface area contributed by atoms with Gasteiger partial charge in [-0.2, -0.15) is 0 Å². The largest absolute Gasteiger partial charge is 0.466 e. The van der Waals surface area contributed by atoms with E-state index in [4.69, 9.17) is 9.47 Å². The smallest absolute Gasteiger partial charge is 0.410 e. The van der Waals surface area contributed by atoms with E-state index in [2.05, 4.69) is 11.4 Å². The molecule has 256 valence electrons. The van der Waals surface area contributed by atoms with Crippen molar-refractivity contribution in [1.82, 2.24) is 9.80 Å². The van der Waals surface area contributed by atoms with Crippen molar-refractivity contribution in [3.05, 3.63) is 76.9 Å². The first kappa shape index (κ1) is 33.6. The lowest BCUT2D eigenvalue weighted by Gasteiger charge is -2.30. The summed E-state index contributed by atoms with van der Waals surface area (Å²) in [6.07, 6.45) is 6.94. The summed E-state index contributed by atoms with van der Waals surface area (Å²) < 4.78 is 39.8. The van der Waals surface area contributed by atoms with E-state index in [1.54, 1.807) is 38.1 Å². The summed E-state index contributed by atoms with van der Waals surface area (Å²) in [7, 11) is 0. The number of benzene rings is 2. The molecule has 2 fully saturated rings. The van der Waals surface area contributed by atoms with Crippen molar-refractivity contribution >= 4 is 29.4 Å². The molecule has 0 unspecified atom stereocenters. The second kappa shape index (κ2) is 14.1. The van der Waals surface area contributed by atoms with E-state index in [1.807, 2.05) is 6.08 Å². The standard InChI is InChI=1S/C37H43F2N3O6/c1-3-47-35(45)37-18-25(37)11-7-5-4-6-8-13-31(40-26-14-15-29(38)23(2)16-26)34(44)42-21-27(17-32(42)33(43)19-37)48-36(46)41-20-24-10-9-12-30(39)28(24)22-41/h7,9-12,14-16,25,27,31-32,40H,3-6,8,13,17-22H2,1-2H3/b11-7-/t25-,27-,31+,32+,37-/m1/s1. The number of amides is 2. The second-order valence-corrected chi connectivity index (χ2v) is 13.5. The number of ketones is 1. The van der Waals surface area contributed by atoms with E-state index >= 15 is 0 Å². The zero-order valence-electron chi connectivity index (χ0n) is 27.5. The van der Waals surface area contributed by atoms with Crippen LogP contribution in [0.2, 0.25) is 0 Å². The first-order valence-electron chi connectivity index (χ1n) is 17.0. The molecule has 2 aromatic carbocycles. The number of hydrogen-bond donors (Lipinski definition) is 1. The number of aryl methyl sites for hydroxylation is 1. The van der Waals surface area contributed by atoms with E-state index < -0.39 is 35.7 Å². The molecule has 48 heavy (non-hydrogen) atoms. The fourth-order valence-electron chi connectivity index (χ4n) is 7.40. The van der Waals surface area contributed by atoms with Crippen molar-refractivity contribution in [1.29, 1.82) is 0 Å². The van der Waals surface area contributed by atoms with E-state index in [-0.39, 0.29) is 68.3 Å². The first-order chi connectivity index (χ1) is 23.1. The molecule has 5 atom stereocenters. The number of carbonyl (C=O) groups excluding carboxylic acids is 4. The van der Waals surface area contributed by atoms with Gasteiger partial charge in [0.25, 0.3) is 0 Å². The fraction of sp³-hybridized carbons (Fsp3) is 0.514. The molecule has 3 heterocycles. The minimum absolute atomic E-state index is 0.00745. The molecule has 6 rings (SSSR count). The molecule has 2 amide bonds. The van der Waals surface area contributed by atoms with Gasteiger partial charge in [-0.1, -0.05) is 37.1 Å². The lowest BCUT2D eigenvalue weighted by molar-refractivity contribution is -0.152. The highest BCUT2D eigenvalue weighted by molar-refractivity contribution is 5.96. The van der Waals surface area contributed by atoms with Gasteiger partial charge in [-0.3, -0.25) is 19.3 Å². The molecule has 4 aliphatic rings. The van der Waals surface area contributed by atoms with Crippen LogP contribution in [0.3, 0.4) is 0 Å². The Morgan fingerprint density at radius 3 is 2.67 bits per heavy atom. The molecule has 1 aliphatic carbocycles. The second-order valence-electron chi connectivity index (χ2n) is 13.5. The van der Waals surface area contributed by atoms with Gasteiger partial charge in [-0.05, 0) is 80.8 Å². The summed E-state index contributed by atoms with van der Waals surface area (Å²) in [5, 5.41) is 3.28. The molecule has 0 spiro atoms. The van der Waals surface area contributed by atoms with Gasteiger partial charge in [0.1, 0.15) is 23.8 Å². The van der Waals surface area contributed by atoms with E-state index in [0.717, 1.165) is 25.7 Å². The van der Waals surface area contributed by atoms with Crippen LogP contribution >= 0.6 is 0 Å². The van der Waals surface area contributed by atoms with Crippen molar-refractivity contribution in [3.63, 3.8) is 0 Å². The lowest BCUT2D eigenvalue weighted by Crippen LogP contribution is -2.48. The molecule has 0 bridgehead atoms.